The minimum atomic E-state index is -4.69. The molecule has 1 atom stereocenters. The number of halogens is 3. The van der Waals surface area contributed by atoms with Gasteiger partial charge in [0, 0.05) is 18.3 Å². The van der Waals surface area contributed by atoms with Crippen LogP contribution in [0.2, 0.25) is 0 Å². The molecule has 1 saturated heterocycles. The van der Waals surface area contributed by atoms with E-state index in [1.54, 1.807) is 12.1 Å². The van der Waals surface area contributed by atoms with E-state index in [9.17, 15) is 18.0 Å². The number of methoxy groups -OCH3 is 1. The van der Waals surface area contributed by atoms with Crippen molar-refractivity contribution < 1.29 is 27.5 Å². The Hall–Kier alpha value is -3.86. The fraction of sp³-hybridized carbons (Fsp3) is 0.320. The standard InChI is InChI=1S/C25H22F3N5O3/c1-35-20-11-15-17(30-22(34)24(15)8-9-24)12-18(20)31-23-29-13-16(25(26,27)28)21(32-23)33-19(7-10-36-33)14-5-3-2-4-6-14/h2-6,11-13,19H,7-10H2,1H3,(H,30,34)(H,29,31,32). The van der Waals surface area contributed by atoms with Gasteiger partial charge in [-0.1, -0.05) is 30.3 Å². The van der Waals surface area contributed by atoms with Gasteiger partial charge in [0.05, 0.1) is 30.9 Å². The summed E-state index contributed by atoms with van der Waals surface area (Å²) >= 11 is 0. The van der Waals surface area contributed by atoms with E-state index in [4.69, 9.17) is 9.57 Å². The summed E-state index contributed by atoms with van der Waals surface area (Å²) in [6.07, 6.45) is -1.89. The van der Waals surface area contributed by atoms with Gasteiger partial charge >= 0.3 is 6.18 Å². The first-order chi connectivity index (χ1) is 17.3. The Morgan fingerprint density at radius 3 is 2.69 bits per heavy atom. The molecule has 1 spiro atoms. The number of hydrogen-bond acceptors (Lipinski definition) is 7. The van der Waals surface area contributed by atoms with Crippen molar-refractivity contribution in [3.63, 3.8) is 0 Å². The van der Waals surface area contributed by atoms with Crippen molar-refractivity contribution in [2.24, 2.45) is 0 Å². The van der Waals surface area contributed by atoms with Gasteiger partial charge in [-0.15, -0.1) is 0 Å². The van der Waals surface area contributed by atoms with Gasteiger partial charge in [-0.05, 0) is 36.1 Å². The van der Waals surface area contributed by atoms with E-state index in [1.807, 2.05) is 30.3 Å². The molecular formula is C25H22F3N5O3. The summed E-state index contributed by atoms with van der Waals surface area (Å²) in [7, 11) is 1.48. The third-order valence-electron chi connectivity index (χ3n) is 6.91. The molecule has 1 aliphatic carbocycles. The molecule has 8 nitrogen and oxygen atoms in total. The fourth-order valence-electron chi connectivity index (χ4n) is 4.91. The third kappa shape index (κ3) is 3.62. The zero-order chi connectivity index (χ0) is 25.1. The van der Waals surface area contributed by atoms with Gasteiger partial charge in [0.2, 0.25) is 11.9 Å². The van der Waals surface area contributed by atoms with Crippen molar-refractivity contribution in [2.75, 3.05) is 29.4 Å². The number of anilines is 4. The van der Waals surface area contributed by atoms with E-state index in [0.717, 1.165) is 30.2 Å². The number of nitrogens with zero attached hydrogens (tertiary/aromatic N) is 3. The van der Waals surface area contributed by atoms with Gasteiger partial charge in [0.15, 0.2) is 5.82 Å². The Kier molecular flexibility index (Phi) is 5.08. The highest BCUT2D eigenvalue weighted by Gasteiger charge is 2.56. The lowest BCUT2D eigenvalue weighted by Crippen LogP contribution is -2.26. The number of amides is 1. The number of hydrogen-bond donors (Lipinski definition) is 2. The van der Waals surface area contributed by atoms with E-state index in [2.05, 4.69) is 20.6 Å². The average Bonchev–Trinajstić information content (AvgIpc) is 3.44. The summed E-state index contributed by atoms with van der Waals surface area (Å²) in [6, 6.07) is 12.2. The SMILES string of the molecule is COc1cc2c(cc1Nc1ncc(C(F)(F)F)c(N3OCCC3c3ccccc3)n1)NC(=O)C21CC1. The number of ether oxygens (including phenoxy) is 1. The van der Waals surface area contributed by atoms with E-state index >= 15 is 0 Å². The predicted octanol–water partition coefficient (Wildman–Crippen LogP) is 5.11. The Bertz CT molecular complexity index is 1340. The third-order valence-corrected chi connectivity index (χ3v) is 6.91. The maximum absolute atomic E-state index is 13.9. The molecule has 0 radical (unpaired) electrons. The summed E-state index contributed by atoms with van der Waals surface area (Å²) in [5.74, 6) is -0.0650. The van der Waals surface area contributed by atoms with Crippen LogP contribution in [0.4, 0.5) is 36.3 Å². The van der Waals surface area contributed by atoms with Gasteiger partial charge < -0.3 is 15.4 Å². The van der Waals surface area contributed by atoms with E-state index in [-0.39, 0.29) is 24.3 Å². The van der Waals surface area contributed by atoms with Gasteiger partial charge in [-0.2, -0.15) is 18.2 Å². The Morgan fingerprint density at radius 2 is 2.00 bits per heavy atom. The van der Waals surface area contributed by atoms with Crippen molar-refractivity contribution >= 4 is 29.0 Å². The molecule has 1 aromatic heterocycles. The predicted molar refractivity (Wildman–Crippen MR) is 125 cm³/mol. The first-order valence-electron chi connectivity index (χ1n) is 11.5. The van der Waals surface area contributed by atoms with Crippen molar-refractivity contribution in [3.05, 3.63) is 65.4 Å². The summed E-state index contributed by atoms with van der Waals surface area (Å²) in [5.41, 5.74) is 1.24. The normalized spacial score (nSPS) is 19.8. The highest BCUT2D eigenvalue weighted by atomic mass is 19.4. The molecule has 0 bridgehead atoms. The topological polar surface area (TPSA) is 88.6 Å². The van der Waals surface area contributed by atoms with Crippen LogP contribution in [-0.4, -0.2) is 29.6 Å². The summed E-state index contributed by atoms with van der Waals surface area (Å²) in [4.78, 5) is 26.2. The van der Waals surface area contributed by atoms with Crippen LogP contribution in [0.15, 0.2) is 48.7 Å². The number of alkyl halides is 3. The van der Waals surface area contributed by atoms with Crippen LogP contribution >= 0.6 is 0 Å². The smallest absolute Gasteiger partial charge is 0.421 e. The van der Waals surface area contributed by atoms with Gasteiger partial charge in [0.1, 0.15) is 11.3 Å². The molecule has 2 aromatic carbocycles. The van der Waals surface area contributed by atoms with Gasteiger partial charge in [-0.3, -0.25) is 9.63 Å². The number of carbonyl (C=O) groups is 1. The van der Waals surface area contributed by atoms with Crippen LogP contribution in [0, 0.1) is 0 Å². The first-order valence-corrected chi connectivity index (χ1v) is 11.5. The number of hydroxylamine groups is 1. The molecule has 1 saturated carbocycles. The van der Waals surface area contributed by atoms with E-state index in [1.165, 1.54) is 12.2 Å². The number of fused-ring (bicyclic) bond motifs is 2. The van der Waals surface area contributed by atoms with Crippen molar-refractivity contribution in [2.45, 2.75) is 36.9 Å². The lowest BCUT2D eigenvalue weighted by molar-refractivity contribution is -0.138. The summed E-state index contributed by atoms with van der Waals surface area (Å²) < 4.78 is 47.3. The van der Waals surface area contributed by atoms with Crippen molar-refractivity contribution in [3.8, 4) is 5.75 Å². The van der Waals surface area contributed by atoms with Crippen LogP contribution in [0.5, 0.6) is 5.75 Å². The minimum absolute atomic E-state index is 0.0529. The lowest BCUT2D eigenvalue weighted by atomic mass is 9.97. The highest BCUT2D eigenvalue weighted by Crippen LogP contribution is 2.57. The molecule has 6 rings (SSSR count). The maximum atomic E-state index is 13.9. The average molecular weight is 497 g/mol. The second-order valence-corrected chi connectivity index (χ2v) is 9.06. The Labute approximate surface area is 204 Å². The number of benzene rings is 2. The second kappa shape index (κ2) is 8.09. The monoisotopic (exact) mass is 497 g/mol. The van der Waals surface area contributed by atoms with Gasteiger partial charge in [0.25, 0.3) is 0 Å². The van der Waals surface area contributed by atoms with Crippen LogP contribution in [0.1, 0.15) is 42.0 Å². The quantitative estimate of drug-likeness (QED) is 0.506. The molecule has 1 unspecified atom stereocenters. The molecule has 1 amide bonds. The molecule has 2 fully saturated rings. The van der Waals surface area contributed by atoms with Crippen molar-refractivity contribution in [1.82, 2.24) is 9.97 Å². The largest absolute Gasteiger partial charge is 0.495 e. The zero-order valence-electron chi connectivity index (χ0n) is 19.2. The highest BCUT2D eigenvalue weighted by molar-refractivity contribution is 6.09. The number of carbonyl (C=O) groups excluding carboxylic acids is 1. The molecule has 186 valence electrons. The van der Waals surface area contributed by atoms with Crippen molar-refractivity contribution in [1.29, 1.82) is 0 Å². The molecule has 3 heterocycles. The summed E-state index contributed by atoms with van der Waals surface area (Å²) in [5, 5.41) is 7.06. The molecule has 2 N–H and O–H groups in total. The molecule has 2 aliphatic heterocycles. The summed E-state index contributed by atoms with van der Waals surface area (Å²) in [6.45, 7) is 0.254. The zero-order valence-corrected chi connectivity index (χ0v) is 19.2. The van der Waals surface area contributed by atoms with E-state index in [0.29, 0.717) is 23.5 Å². The maximum Gasteiger partial charge on any atom is 0.421 e. The van der Waals surface area contributed by atoms with E-state index < -0.39 is 23.2 Å². The Morgan fingerprint density at radius 1 is 1.22 bits per heavy atom. The van der Waals surface area contributed by atoms with Crippen LogP contribution < -0.4 is 20.4 Å². The lowest BCUT2D eigenvalue weighted by Gasteiger charge is -2.26. The number of nitrogens with one attached hydrogen (secondary N) is 2. The molecule has 11 heteroatoms. The van der Waals surface area contributed by atoms with Gasteiger partial charge in [-0.25, -0.2) is 10.0 Å². The number of aromatic nitrogens is 2. The first kappa shape index (κ1) is 22.6. The minimum Gasteiger partial charge on any atom is -0.495 e. The van der Waals surface area contributed by atoms with Crippen LogP contribution in [-0.2, 0) is 21.2 Å². The second-order valence-electron chi connectivity index (χ2n) is 9.06. The van der Waals surface area contributed by atoms with Crippen LogP contribution in [0.3, 0.4) is 0 Å². The molecule has 36 heavy (non-hydrogen) atoms. The fourth-order valence-corrected chi connectivity index (χ4v) is 4.91. The molecule has 3 aromatic rings. The van der Waals surface area contributed by atoms with Crippen LogP contribution in [0.25, 0.3) is 0 Å². The molecular weight excluding hydrogens is 475 g/mol. The Balaban J connectivity index is 1.38. The number of rotatable bonds is 5. The molecule has 3 aliphatic rings.